The Morgan fingerprint density at radius 1 is 1.00 bits per heavy atom. The largest absolute Gasteiger partial charge is 0.477 e. The van der Waals surface area contributed by atoms with Gasteiger partial charge in [0.1, 0.15) is 23.4 Å². The molecule has 1 N–H and O–H groups in total. The Morgan fingerprint density at radius 2 is 1.69 bits per heavy atom. The predicted molar refractivity (Wildman–Crippen MR) is 115 cm³/mol. The number of piperidine rings is 1. The molecule has 166 valence electrons. The van der Waals surface area contributed by atoms with Crippen molar-refractivity contribution in [2.24, 2.45) is 0 Å². The van der Waals surface area contributed by atoms with Crippen molar-refractivity contribution in [3.8, 4) is 0 Å². The molecule has 4 rings (SSSR count). The standard InChI is InChI=1S/C25H24F2N2O3/c26-19-13-18(14-20(27)15-19)24(17-5-2-1-3-6-17)32-22-9-11-29(12-10-22)16-21-7-4-8-23(28-21)25(30)31/h1-8,13-15,22,24H,9-12,16H2,(H,30,31). The number of benzene rings is 2. The van der Waals surface area contributed by atoms with Crippen molar-refractivity contribution in [3.63, 3.8) is 0 Å². The number of pyridine rings is 1. The summed E-state index contributed by atoms with van der Waals surface area (Å²) in [5, 5.41) is 9.12. The van der Waals surface area contributed by atoms with Crippen LogP contribution in [0.1, 0.15) is 46.3 Å². The quantitative estimate of drug-likeness (QED) is 0.573. The van der Waals surface area contributed by atoms with Gasteiger partial charge in [-0.3, -0.25) is 4.90 Å². The first-order valence-electron chi connectivity index (χ1n) is 10.6. The third kappa shape index (κ3) is 5.55. The number of nitrogens with zero attached hydrogens (tertiary/aromatic N) is 2. The number of aromatic nitrogens is 1. The molecule has 5 nitrogen and oxygen atoms in total. The van der Waals surface area contributed by atoms with Gasteiger partial charge in [0, 0.05) is 25.7 Å². The lowest BCUT2D eigenvalue weighted by atomic mass is 9.99. The van der Waals surface area contributed by atoms with Crippen molar-refractivity contribution >= 4 is 5.97 Å². The summed E-state index contributed by atoms with van der Waals surface area (Å²) in [4.78, 5) is 17.5. The molecule has 0 saturated carbocycles. The second-order valence-corrected chi connectivity index (χ2v) is 7.92. The van der Waals surface area contributed by atoms with E-state index in [2.05, 4.69) is 9.88 Å². The van der Waals surface area contributed by atoms with Gasteiger partial charge in [-0.2, -0.15) is 0 Å². The summed E-state index contributed by atoms with van der Waals surface area (Å²) >= 11 is 0. The molecule has 1 aliphatic rings. The van der Waals surface area contributed by atoms with E-state index in [1.807, 2.05) is 36.4 Å². The van der Waals surface area contributed by atoms with Crippen molar-refractivity contribution < 1.29 is 23.4 Å². The minimum atomic E-state index is -1.04. The van der Waals surface area contributed by atoms with Crippen molar-refractivity contribution in [1.82, 2.24) is 9.88 Å². The van der Waals surface area contributed by atoms with Gasteiger partial charge in [-0.15, -0.1) is 0 Å². The second kappa shape index (κ2) is 9.97. The molecule has 0 aliphatic carbocycles. The van der Waals surface area contributed by atoms with Crippen molar-refractivity contribution in [2.75, 3.05) is 13.1 Å². The normalized spacial score (nSPS) is 16.1. The Labute approximate surface area is 185 Å². The first-order valence-corrected chi connectivity index (χ1v) is 10.6. The molecule has 2 aromatic carbocycles. The van der Waals surface area contributed by atoms with Gasteiger partial charge in [-0.25, -0.2) is 18.6 Å². The molecule has 0 bridgehead atoms. The van der Waals surface area contributed by atoms with Crippen molar-refractivity contribution in [1.29, 1.82) is 0 Å². The zero-order valence-corrected chi connectivity index (χ0v) is 17.5. The number of carboxylic acids is 1. The van der Waals surface area contributed by atoms with E-state index < -0.39 is 23.7 Å². The monoisotopic (exact) mass is 438 g/mol. The Morgan fingerprint density at radius 3 is 2.34 bits per heavy atom. The van der Waals surface area contributed by atoms with Crippen LogP contribution in [0.4, 0.5) is 8.78 Å². The van der Waals surface area contributed by atoms with E-state index in [0.717, 1.165) is 37.6 Å². The predicted octanol–water partition coefficient (Wildman–Crippen LogP) is 4.83. The summed E-state index contributed by atoms with van der Waals surface area (Å²) in [5.74, 6) is -2.30. The first kappa shape index (κ1) is 22.0. The minimum Gasteiger partial charge on any atom is -0.477 e. The maximum atomic E-state index is 13.9. The molecular formula is C25H24F2N2O3. The van der Waals surface area contributed by atoms with Crippen molar-refractivity contribution in [3.05, 3.63) is 101 Å². The van der Waals surface area contributed by atoms with E-state index in [1.54, 1.807) is 6.07 Å². The lowest BCUT2D eigenvalue weighted by Crippen LogP contribution is -2.37. The number of halogens is 2. The summed E-state index contributed by atoms with van der Waals surface area (Å²) in [7, 11) is 0. The third-order valence-electron chi connectivity index (χ3n) is 5.56. The van der Waals surface area contributed by atoms with E-state index in [-0.39, 0.29) is 11.8 Å². The van der Waals surface area contributed by atoms with Crippen LogP contribution in [0.3, 0.4) is 0 Å². The minimum absolute atomic E-state index is 0.0359. The molecule has 32 heavy (non-hydrogen) atoms. The van der Waals surface area contributed by atoms with Gasteiger partial charge in [0.2, 0.25) is 0 Å². The van der Waals surface area contributed by atoms with Crippen LogP contribution in [0, 0.1) is 11.6 Å². The highest BCUT2D eigenvalue weighted by Gasteiger charge is 2.26. The summed E-state index contributed by atoms with van der Waals surface area (Å²) in [6, 6.07) is 17.9. The molecular weight excluding hydrogens is 414 g/mol. The van der Waals surface area contributed by atoms with E-state index in [4.69, 9.17) is 9.84 Å². The van der Waals surface area contributed by atoms with Crippen LogP contribution in [0.25, 0.3) is 0 Å². The Bertz CT molecular complexity index is 1050. The van der Waals surface area contributed by atoms with Gasteiger partial charge in [0.05, 0.1) is 11.8 Å². The van der Waals surface area contributed by atoms with Crippen LogP contribution in [-0.4, -0.2) is 40.2 Å². The Balaban J connectivity index is 1.42. The summed E-state index contributed by atoms with van der Waals surface area (Å²) in [6.45, 7) is 2.07. The average Bonchev–Trinajstić information content (AvgIpc) is 2.78. The number of carbonyl (C=O) groups is 1. The number of hydrogen-bond donors (Lipinski definition) is 1. The maximum Gasteiger partial charge on any atom is 0.354 e. The first-order chi connectivity index (χ1) is 15.5. The Kier molecular flexibility index (Phi) is 6.87. The SMILES string of the molecule is O=C(O)c1cccc(CN2CCC(OC(c3ccccc3)c3cc(F)cc(F)c3)CC2)n1. The van der Waals surface area contributed by atoms with Gasteiger partial charge in [0.15, 0.2) is 0 Å². The average molecular weight is 438 g/mol. The number of rotatable bonds is 7. The summed E-state index contributed by atoms with van der Waals surface area (Å²) < 4.78 is 34.1. The molecule has 0 amide bonds. The van der Waals surface area contributed by atoms with Crippen LogP contribution >= 0.6 is 0 Å². The molecule has 1 atom stereocenters. The zero-order valence-electron chi connectivity index (χ0n) is 17.5. The van der Waals surface area contributed by atoms with E-state index in [1.165, 1.54) is 18.2 Å². The number of likely N-dealkylation sites (tertiary alicyclic amines) is 1. The van der Waals surface area contributed by atoms with E-state index in [9.17, 15) is 13.6 Å². The topological polar surface area (TPSA) is 62.7 Å². The molecule has 1 saturated heterocycles. The van der Waals surface area contributed by atoms with Crippen LogP contribution < -0.4 is 0 Å². The Hall–Kier alpha value is -3.16. The highest BCUT2D eigenvalue weighted by Crippen LogP contribution is 2.31. The van der Waals surface area contributed by atoms with Crippen LogP contribution in [0.15, 0.2) is 66.7 Å². The lowest BCUT2D eigenvalue weighted by Gasteiger charge is -2.34. The number of aromatic carboxylic acids is 1. The smallest absolute Gasteiger partial charge is 0.354 e. The van der Waals surface area contributed by atoms with Crippen LogP contribution in [0.5, 0.6) is 0 Å². The molecule has 0 spiro atoms. The molecule has 3 aromatic rings. The summed E-state index contributed by atoms with van der Waals surface area (Å²) in [6.07, 6.45) is 0.868. The molecule has 1 fully saturated rings. The number of hydrogen-bond acceptors (Lipinski definition) is 4. The van der Waals surface area contributed by atoms with Gasteiger partial charge >= 0.3 is 5.97 Å². The lowest BCUT2D eigenvalue weighted by molar-refractivity contribution is -0.0284. The van der Waals surface area contributed by atoms with Gasteiger partial charge in [-0.05, 0) is 48.2 Å². The van der Waals surface area contributed by atoms with Gasteiger partial charge in [-0.1, -0.05) is 36.4 Å². The van der Waals surface area contributed by atoms with Crippen LogP contribution in [-0.2, 0) is 11.3 Å². The number of ether oxygens (including phenoxy) is 1. The molecule has 7 heteroatoms. The zero-order chi connectivity index (χ0) is 22.5. The fourth-order valence-corrected chi connectivity index (χ4v) is 4.02. The molecule has 1 unspecified atom stereocenters. The highest BCUT2D eigenvalue weighted by molar-refractivity contribution is 5.85. The van der Waals surface area contributed by atoms with Crippen LogP contribution in [0.2, 0.25) is 0 Å². The highest BCUT2D eigenvalue weighted by atomic mass is 19.1. The van der Waals surface area contributed by atoms with Gasteiger partial charge in [0.25, 0.3) is 0 Å². The second-order valence-electron chi connectivity index (χ2n) is 7.92. The molecule has 1 aliphatic heterocycles. The van der Waals surface area contributed by atoms with E-state index >= 15 is 0 Å². The molecule has 2 heterocycles. The van der Waals surface area contributed by atoms with Gasteiger partial charge < -0.3 is 9.84 Å². The third-order valence-corrected chi connectivity index (χ3v) is 5.56. The summed E-state index contributed by atoms with van der Waals surface area (Å²) in [5.41, 5.74) is 2.04. The molecule has 1 aromatic heterocycles. The number of carboxylic acid groups (broad SMARTS) is 1. The van der Waals surface area contributed by atoms with E-state index in [0.29, 0.717) is 17.8 Å². The maximum absolute atomic E-state index is 13.9. The van der Waals surface area contributed by atoms with Crippen molar-refractivity contribution in [2.45, 2.75) is 31.6 Å². The fourth-order valence-electron chi connectivity index (χ4n) is 4.02. The fraction of sp³-hybridized carbons (Fsp3) is 0.280. The molecule has 0 radical (unpaired) electrons.